The third-order valence-corrected chi connectivity index (χ3v) is 7.95. The number of benzene rings is 1. The van der Waals surface area contributed by atoms with Crippen molar-refractivity contribution in [1.29, 1.82) is 0 Å². The number of aromatic amines is 1. The lowest BCUT2D eigenvalue weighted by atomic mass is 9.94. The van der Waals surface area contributed by atoms with Crippen molar-refractivity contribution >= 4 is 38.2 Å². The fourth-order valence-electron chi connectivity index (χ4n) is 4.03. The van der Waals surface area contributed by atoms with Gasteiger partial charge in [-0.25, -0.2) is 12.7 Å². The van der Waals surface area contributed by atoms with Crippen LogP contribution < -0.4 is 5.32 Å². The summed E-state index contributed by atoms with van der Waals surface area (Å²) in [5.74, 6) is -0.0503. The summed E-state index contributed by atoms with van der Waals surface area (Å²) in [4.78, 5) is 17.3. The van der Waals surface area contributed by atoms with Crippen LogP contribution in [-0.2, 0) is 14.8 Å². The van der Waals surface area contributed by atoms with Gasteiger partial charge in [-0.3, -0.25) is 4.79 Å². The van der Waals surface area contributed by atoms with E-state index < -0.39 is 10.0 Å². The van der Waals surface area contributed by atoms with E-state index in [2.05, 4.69) is 33.9 Å². The first-order valence-corrected chi connectivity index (χ1v) is 12.5. The molecular formula is C21H25N3O3S2. The van der Waals surface area contributed by atoms with Crippen molar-refractivity contribution in [2.75, 3.05) is 25.9 Å². The Morgan fingerprint density at radius 3 is 2.69 bits per heavy atom. The van der Waals surface area contributed by atoms with Crippen LogP contribution in [0.2, 0.25) is 0 Å². The molecule has 3 aromatic rings. The van der Waals surface area contributed by atoms with E-state index in [1.165, 1.54) is 26.4 Å². The highest BCUT2D eigenvalue weighted by Gasteiger charge is 2.29. The number of H-pyrrole nitrogens is 1. The van der Waals surface area contributed by atoms with Gasteiger partial charge >= 0.3 is 0 Å². The SMILES string of the molecule is CS(=O)(=O)N1CCC(C(=O)NC[C@H](c2cccs2)c2c[nH]c3ccccc23)CC1. The molecule has 154 valence electrons. The standard InChI is InChI=1S/C21H25N3O3S2/c1-29(26,27)24-10-8-15(9-11-24)21(25)23-14-18(20-7-4-12-28-20)17-13-22-19-6-3-2-5-16(17)19/h2-7,12-13,15,18,22H,8-11,14H2,1H3,(H,23,25)/t18-/m0/s1. The van der Waals surface area contributed by atoms with Gasteiger partial charge in [0, 0.05) is 53.4 Å². The number of para-hydroxylation sites is 1. The number of thiophene rings is 1. The summed E-state index contributed by atoms with van der Waals surface area (Å²) in [5, 5.41) is 6.36. The first-order valence-electron chi connectivity index (χ1n) is 9.75. The second kappa shape index (κ2) is 8.30. The molecule has 1 aliphatic rings. The first-order chi connectivity index (χ1) is 13.9. The maximum atomic E-state index is 12.8. The molecule has 0 bridgehead atoms. The van der Waals surface area contributed by atoms with Crippen LogP contribution in [-0.4, -0.2) is 49.5 Å². The van der Waals surface area contributed by atoms with Crippen molar-refractivity contribution in [3.05, 3.63) is 58.4 Å². The molecule has 0 aliphatic carbocycles. The van der Waals surface area contributed by atoms with E-state index in [1.54, 1.807) is 11.3 Å². The molecule has 1 aromatic carbocycles. The molecule has 1 amide bonds. The van der Waals surface area contributed by atoms with Crippen LogP contribution in [0.15, 0.2) is 48.0 Å². The topological polar surface area (TPSA) is 82.3 Å². The summed E-state index contributed by atoms with van der Waals surface area (Å²) in [6.07, 6.45) is 4.39. The third-order valence-electron chi connectivity index (χ3n) is 5.66. The predicted molar refractivity (Wildman–Crippen MR) is 117 cm³/mol. The van der Waals surface area contributed by atoms with E-state index in [9.17, 15) is 13.2 Å². The Hall–Kier alpha value is -2.16. The Labute approximate surface area is 175 Å². The molecule has 1 aliphatic heterocycles. The molecule has 0 spiro atoms. The highest BCUT2D eigenvalue weighted by atomic mass is 32.2. The minimum atomic E-state index is -3.18. The van der Waals surface area contributed by atoms with Gasteiger partial charge in [0.05, 0.1) is 6.26 Å². The number of amides is 1. The summed E-state index contributed by atoms with van der Waals surface area (Å²) >= 11 is 1.69. The summed E-state index contributed by atoms with van der Waals surface area (Å²) in [7, 11) is -3.18. The Bertz CT molecular complexity index is 1080. The molecule has 1 fully saturated rings. The second-order valence-corrected chi connectivity index (χ2v) is 10.5. The molecule has 0 unspecified atom stereocenters. The number of piperidine rings is 1. The molecule has 4 rings (SSSR count). The molecule has 1 saturated heterocycles. The zero-order chi connectivity index (χ0) is 20.4. The fourth-order valence-corrected chi connectivity index (χ4v) is 5.75. The molecule has 2 N–H and O–H groups in total. The van der Waals surface area contributed by atoms with Crippen molar-refractivity contribution in [2.24, 2.45) is 5.92 Å². The van der Waals surface area contributed by atoms with Gasteiger partial charge in [-0.2, -0.15) is 0 Å². The minimum Gasteiger partial charge on any atom is -0.361 e. The molecule has 8 heteroatoms. The minimum absolute atomic E-state index is 0.0135. The van der Waals surface area contributed by atoms with Crippen LogP contribution >= 0.6 is 11.3 Å². The molecule has 6 nitrogen and oxygen atoms in total. The molecule has 3 heterocycles. The van der Waals surface area contributed by atoms with Gasteiger partial charge in [-0.15, -0.1) is 11.3 Å². The van der Waals surface area contributed by atoms with Crippen molar-refractivity contribution in [3.8, 4) is 0 Å². The van der Waals surface area contributed by atoms with E-state index in [-0.39, 0.29) is 17.7 Å². The third kappa shape index (κ3) is 4.39. The van der Waals surface area contributed by atoms with Gasteiger partial charge in [0.25, 0.3) is 0 Å². The van der Waals surface area contributed by atoms with Crippen molar-refractivity contribution in [1.82, 2.24) is 14.6 Å². The van der Waals surface area contributed by atoms with Crippen molar-refractivity contribution in [2.45, 2.75) is 18.8 Å². The van der Waals surface area contributed by atoms with Crippen LogP contribution in [0, 0.1) is 5.92 Å². The molecule has 29 heavy (non-hydrogen) atoms. The molecule has 2 aromatic heterocycles. The number of nitrogens with one attached hydrogen (secondary N) is 2. The van der Waals surface area contributed by atoms with Crippen LogP contribution in [0.5, 0.6) is 0 Å². The normalized spacial score (nSPS) is 17.4. The zero-order valence-corrected chi connectivity index (χ0v) is 17.9. The van der Waals surface area contributed by atoms with Crippen LogP contribution in [0.25, 0.3) is 10.9 Å². The molecular weight excluding hydrogens is 406 g/mol. The zero-order valence-electron chi connectivity index (χ0n) is 16.3. The fraction of sp³-hybridized carbons (Fsp3) is 0.381. The summed E-state index contributed by atoms with van der Waals surface area (Å²) < 4.78 is 24.8. The smallest absolute Gasteiger partial charge is 0.223 e. The van der Waals surface area contributed by atoms with Gasteiger partial charge in [-0.1, -0.05) is 24.3 Å². The number of sulfonamides is 1. The van der Waals surface area contributed by atoms with Crippen LogP contribution in [0.1, 0.15) is 29.2 Å². The summed E-state index contributed by atoms with van der Waals surface area (Å²) in [6, 6.07) is 12.3. The highest BCUT2D eigenvalue weighted by molar-refractivity contribution is 7.88. The molecule has 0 radical (unpaired) electrons. The van der Waals surface area contributed by atoms with Gasteiger partial charge in [0.1, 0.15) is 0 Å². The summed E-state index contributed by atoms with van der Waals surface area (Å²) in [5.41, 5.74) is 2.26. The average Bonchev–Trinajstić information content (AvgIpc) is 3.38. The van der Waals surface area contributed by atoms with Gasteiger partial charge < -0.3 is 10.3 Å². The van der Waals surface area contributed by atoms with Crippen LogP contribution in [0.4, 0.5) is 0 Å². The largest absolute Gasteiger partial charge is 0.361 e. The Balaban J connectivity index is 1.46. The number of fused-ring (bicyclic) bond motifs is 1. The van der Waals surface area contributed by atoms with E-state index in [1.807, 2.05) is 24.4 Å². The Kier molecular flexibility index (Phi) is 5.76. The number of aromatic nitrogens is 1. The lowest BCUT2D eigenvalue weighted by Crippen LogP contribution is -2.43. The monoisotopic (exact) mass is 431 g/mol. The quantitative estimate of drug-likeness (QED) is 0.629. The number of carbonyl (C=O) groups excluding carboxylic acids is 1. The molecule has 1 atom stereocenters. The van der Waals surface area contributed by atoms with Gasteiger partial charge in [0.2, 0.25) is 15.9 Å². The van der Waals surface area contributed by atoms with Gasteiger partial charge in [0.15, 0.2) is 0 Å². The van der Waals surface area contributed by atoms with E-state index in [0.29, 0.717) is 32.5 Å². The van der Waals surface area contributed by atoms with Crippen molar-refractivity contribution in [3.63, 3.8) is 0 Å². The van der Waals surface area contributed by atoms with E-state index >= 15 is 0 Å². The lowest BCUT2D eigenvalue weighted by molar-refractivity contribution is -0.126. The predicted octanol–water partition coefficient (Wildman–Crippen LogP) is 3.15. The van der Waals surface area contributed by atoms with E-state index in [4.69, 9.17) is 0 Å². The van der Waals surface area contributed by atoms with Crippen LogP contribution in [0.3, 0.4) is 0 Å². The average molecular weight is 432 g/mol. The van der Waals surface area contributed by atoms with Gasteiger partial charge in [-0.05, 0) is 35.9 Å². The van der Waals surface area contributed by atoms with E-state index in [0.717, 1.165) is 5.52 Å². The maximum absolute atomic E-state index is 12.8. The summed E-state index contributed by atoms with van der Waals surface area (Å²) in [6.45, 7) is 1.34. The first kappa shape index (κ1) is 20.1. The highest BCUT2D eigenvalue weighted by Crippen LogP contribution is 2.33. The van der Waals surface area contributed by atoms with Crippen molar-refractivity contribution < 1.29 is 13.2 Å². The maximum Gasteiger partial charge on any atom is 0.223 e. The number of hydrogen-bond donors (Lipinski definition) is 2. The molecule has 0 saturated carbocycles. The number of carbonyl (C=O) groups is 1. The lowest BCUT2D eigenvalue weighted by Gasteiger charge is -2.29. The number of nitrogens with zero attached hydrogens (tertiary/aromatic N) is 1. The second-order valence-electron chi connectivity index (χ2n) is 7.54. The Morgan fingerprint density at radius 1 is 1.24 bits per heavy atom. The Morgan fingerprint density at radius 2 is 2.00 bits per heavy atom. The number of rotatable bonds is 6. The number of hydrogen-bond acceptors (Lipinski definition) is 4.